The highest BCUT2D eigenvalue weighted by Crippen LogP contribution is 2.16. The molecule has 2 rings (SSSR count). The number of aliphatic hydroxyl groups is 1. The summed E-state index contributed by atoms with van der Waals surface area (Å²) in [5.74, 6) is 0. The molecule has 0 fully saturated rings. The van der Waals surface area contributed by atoms with Crippen molar-refractivity contribution >= 4 is 33.8 Å². The van der Waals surface area contributed by atoms with Gasteiger partial charge in [0, 0.05) is 0 Å². The van der Waals surface area contributed by atoms with Crippen LogP contribution in [-0.2, 0) is 0 Å². The van der Waals surface area contributed by atoms with E-state index in [4.69, 9.17) is 12.2 Å². The zero-order valence-corrected chi connectivity index (χ0v) is 10.4. The van der Waals surface area contributed by atoms with Crippen LogP contribution in [0.4, 0.5) is 0 Å². The molecule has 16 heavy (non-hydrogen) atoms. The molecule has 6 heteroatoms. The number of hydrogen-bond donors (Lipinski definition) is 2. The first-order chi connectivity index (χ1) is 7.69. The van der Waals surface area contributed by atoms with Crippen LogP contribution in [0.1, 0.15) is 19.4 Å². The number of H-pyrrole nitrogens is 1. The van der Waals surface area contributed by atoms with Crippen molar-refractivity contribution in [3.63, 3.8) is 0 Å². The van der Waals surface area contributed by atoms with E-state index in [1.54, 1.807) is 0 Å². The van der Waals surface area contributed by atoms with Crippen molar-refractivity contribution in [3.8, 4) is 0 Å². The first kappa shape index (κ1) is 11.5. The molecule has 0 radical (unpaired) electrons. The molecule has 2 N–H and O–H groups in total. The lowest BCUT2D eigenvalue weighted by atomic mass is 10.2. The molecule has 1 unspecified atom stereocenters. The van der Waals surface area contributed by atoms with Crippen molar-refractivity contribution in [3.05, 3.63) is 26.6 Å². The maximum absolute atomic E-state index is 12.1. The zero-order valence-electron chi connectivity index (χ0n) is 8.77. The van der Waals surface area contributed by atoms with Gasteiger partial charge in [-0.2, -0.15) is 0 Å². The quantitative estimate of drug-likeness (QED) is 0.826. The molecule has 2 aromatic rings. The van der Waals surface area contributed by atoms with Gasteiger partial charge in [-0.3, -0.25) is 9.36 Å². The lowest BCUT2D eigenvalue weighted by Gasteiger charge is -2.15. The van der Waals surface area contributed by atoms with Crippen LogP contribution in [0.2, 0.25) is 0 Å². The van der Waals surface area contributed by atoms with Gasteiger partial charge in [-0.05, 0) is 30.1 Å². The standard InChI is InChI=1S/C10H12N2O2S2/c1-2-6(5-13)12-9(14)8-7(3-4-16-8)11-10(12)15/h3-4,6,13H,2,5H2,1H3,(H,11,15). The van der Waals surface area contributed by atoms with Crippen molar-refractivity contribution in [1.82, 2.24) is 9.55 Å². The SMILES string of the molecule is CCC(CO)n1c(=S)[nH]c2ccsc2c1=O. The maximum Gasteiger partial charge on any atom is 0.272 e. The molecule has 0 aliphatic carbocycles. The van der Waals surface area contributed by atoms with Crippen molar-refractivity contribution in [1.29, 1.82) is 0 Å². The van der Waals surface area contributed by atoms with Gasteiger partial charge in [0.05, 0.1) is 18.2 Å². The van der Waals surface area contributed by atoms with Crippen LogP contribution in [0.5, 0.6) is 0 Å². The molecule has 0 spiro atoms. The number of aromatic nitrogens is 2. The van der Waals surface area contributed by atoms with Crippen molar-refractivity contribution in [2.75, 3.05) is 6.61 Å². The van der Waals surface area contributed by atoms with Gasteiger partial charge in [0.2, 0.25) is 0 Å². The van der Waals surface area contributed by atoms with Crippen LogP contribution in [0.3, 0.4) is 0 Å². The van der Waals surface area contributed by atoms with E-state index in [0.717, 1.165) is 5.52 Å². The fourth-order valence-electron chi connectivity index (χ4n) is 1.68. The van der Waals surface area contributed by atoms with E-state index < -0.39 is 0 Å². The summed E-state index contributed by atoms with van der Waals surface area (Å²) in [5, 5.41) is 11.1. The van der Waals surface area contributed by atoms with Gasteiger partial charge in [-0.1, -0.05) is 6.92 Å². The predicted molar refractivity (Wildman–Crippen MR) is 67.7 cm³/mol. The molecule has 0 saturated carbocycles. The number of aromatic amines is 1. The number of fused-ring (bicyclic) bond motifs is 1. The van der Waals surface area contributed by atoms with Crippen LogP contribution in [-0.4, -0.2) is 21.3 Å². The Balaban J connectivity index is 2.78. The van der Waals surface area contributed by atoms with Crippen LogP contribution in [0.25, 0.3) is 10.2 Å². The van der Waals surface area contributed by atoms with E-state index in [1.807, 2.05) is 18.4 Å². The normalized spacial score (nSPS) is 13.1. The highest BCUT2D eigenvalue weighted by atomic mass is 32.1. The first-order valence-electron chi connectivity index (χ1n) is 5.02. The number of rotatable bonds is 3. The highest BCUT2D eigenvalue weighted by Gasteiger charge is 2.13. The van der Waals surface area contributed by atoms with E-state index in [9.17, 15) is 9.90 Å². The lowest BCUT2D eigenvalue weighted by molar-refractivity contribution is 0.220. The topological polar surface area (TPSA) is 58.0 Å². The van der Waals surface area contributed by atoms with Gasteiger partial charge in [-0.25, -0.2) is 0 Å². The summed E-state index contributed by atoms with van der Waals surface area (Å²) in [6, 6.07) is 1.59. The van der Waals surface area contributed by atoms with Gasteiger partial charge in [-0.15, -0.1) is 11.3 Å². The second-order valence-electron chi connectivity index (χ2n) is 3.51. The molecule has 2 heterocycles. The monoisotopic (exact) mass is 256 g/mol. The third kappa shape index (κ3) is 1.73. The fourth-order valence-corrected chi connectivity index (χ4v) is 2.80. The van der Waals surface area contributed by atoms with E-state index >= 15 is 0 Å². The molecule has 2 aromatic heterocycles. The van der Waals surface area contributed by atoms with E-state index in [1.165, 1.54) is 15.9 Å². The van der Waals surface area contributed by atoms with Crippen molar-refractivity contribution < 1.29 is 5.11 Å². The Morgan fingerprint density at radius 1 is 1.69 bits per heavy atom. The number of thiophene rings is 1. The first-order valence-corrected chi connectivity index (χ1v) is 6.30. The molecule has 0 bridgehead atoms. The summed E-state index contributed by atoms with van der Waals surface area (Å²) >= 11 is 6.53. The molecular weight excluding hydrogens is 244 g/mol. The number of nitrogens with zero attached hydrogens (tertiary/aromatic N) is 1. The average molecular weight is 256 g/mol. The minimum atomic E-state index is -0.247. The summed E-state index contributed by atoms with van der Waals surface area (Å²) in [7, 11) is 0. The molecule has 0 aromatic carbocycles. The lowest BCUT2D eigenvalue weighted by Crippen LogP contribution is -2.27. The zero-order chi connectivity index (χ0) is 11.7. The van der Waals surface area contributed by atoms with E-state index in [0.29, 0.717) is 15.9 Å². The molecule has 4 nitrogen and oxygen atoms in total. The molecule has 0 aliphatic heterocycles. The molecule has 0 saturated heterocycles. The molecule has 86 valence electrons. The summed E-state index contributed by atoms with van der Waals surface area (Å²) in [4.78, 5) is 15.2. The van der Waals surface area contributed by atoms with Crippen LogP contribution in [0, 0.1) is 4.77 Å². The third-order valence-corrected chi connectivity index (χ3v) is 3.79. The predicted octanol–water partition coefficient (Wildman–Crippen LogP) is 2.06. The summed E-state index contributed by atoms with van der Waals surface area (Å²) in [6.45, 7) is 1.84. The van der Waals surface area contributed by atoms with Crippen LogP contribution >= 0.6 is 23.6 Å². The minimum absolute atomic E-state index is 0.0786. The Hall–Kier alpha value is -0.980. The Morgan fingerprint density at radius 3 is 3.06 bits per heavy atom. The van der Waals surface area contributed by atoms with Crippen LogP contribution in [0.15, 0.2) is 16.2 Å². The molecule has 0 amide bonds. The number of hydrogen-bond acceptors (Lipinski definition) is 4. The summed E-state index contributed by atoms with van der Waals surface area (Å²) in [6.07, 6.45) is 0.671. The number of aliphatic hydroxyl groups excluding tert-OH is 1. The summed E-state index contributed by atoms with van der Waals surface area (Å²) in [5.41, 5.74) is 0.652. The Kier molecular flexibility index (Phi) is 3.22. The number of nitrogens with one attached hydrogen (secondary N) is 1. The molecule has 0 aliphatic rings. The minimum Gasteiger partial charge on any atom is -0.394 e. The van der Waals surface area contributed by atoms with Crippen LogP contribution < -0.4 is 5.56 Å². The Labute approximate surface area is 101 Å². The van der Waals surface area contributed by atoms with Crippen molar-refractivity contribution in [2.45, 2.75) is 19.4 Å². The fraction of sp³-hybridized carbons (Fsp3) is 0.400. The third-order valence-electron chi connectivity index (χ3n) is 2.59. The summed E-state index contributed by atoms with van der Waals surface area (Å²) < 4.78 is 2.49. The molecule has 1 atom stereocenters. The van der Waals surface area contributed by atoms with Gasteiger partial charge in [0.25, 0.3) is 5.56 Å². The smallest absolute Gasteiger partial charge is 0.272 e. The van der Waals surface area contributed by atoms with E-state index in [-0.39, 0.29) is 18.2 Å². The van der Waals surface area contributed by atoms with Crippen molar-refractivity contribution in [2.24, 2.45) is 0 Å². The highest BCUT2D eigenvalue weighted by molar-refractivity contribution is 7.71. The Morgan fingerprint density at radius 2 is 2.44 bits per heavy atom. The second kappa shape index (κ2) is 4.48. The Bertz CT molecular complexity index is 607. The van der Waals surface area contributed by atoms with Gasteiger partial charge >= 0.3 is 0 Å². The van der Waals surface area contributed by atoms with Gasteiger partial charge in [0.15, 0.2) is 4.77 Å². The van der Waals surface area contributed by atoms with Gasteiger partial charge in [0.1, 0.15) is 4.70 Å². The molecular formula is C10H12N2O2S2. The largest absolute Gasteiger partial charge is 0.394 e. The maximum atomic E-state index is 12.1. The average Bonchev–Trinajstić information content (AvgIpc) is 2.72. The van der Waals surface area contributed by atoms with E-state index in [2.05, 4.69) is 4.98 Å². The van der Waals surface area contributed by atoms with Gasteiger partial charge < -0.3 is 10.1 Å². The second-order valence-corrected chi connectivity index (χ2v) is 4.82.